The number of primary amides is 1. The van der Waals surface area contributed by atoms with E-state index in [1.807, 2.05) is 24.3 Å². The minimum absolute atomic E-state index is 0.137. The van der Waals surface area contributed by atoms with Gasteiger partial charge in [-0.15, -0.1) is 0 Å². The largest absolute Gasteiger partial charge is 0.480 e. The van der Waals surface area contributed by atoms with Gasteiger partial charge in [-0.05, 0) is 24.5 Å². The van der Waals surface area contributed by atoms with Crippen LogP contribution < -0.4 is 27.4 Å². The second-order valence-corrected chi connectivity index (χ2v) is 8.79. The number of hydrogen-bond acceptors (Lipinski definition) is 8. The van der Waals surface area contributed by atoms with Crippen molar-refractivity contribution in [1.82, 2.24) is 20.9 Å². The number of carboxylic acids is 1. The lowest BCUT2D eigenvalue weighted by atomic mass is 10.0. The van der Waals surface area contributed by atoms with Crippen LogP contribution in [0.25, 0.3) is 10.9 Å². The Morgan fingerprint density at radius 3 is 2.11 bits per heavy atom. The zero-order chi connectivity index (χ0) is 26.8. The molecule has 1 heterocycles. The van der Waals surface area contributed by atoms with Gasteiger partial charge >= 0.3 is 5.97 Å². The standard InChI is InChI=1S/C22H30N6O6S2/c23-13(7-11-8-25-14-4-2-1-3-12(11)14)19(30)26-15(5-6-18(24)29)20(31)27-16(9-35)21(32)28-17(10-36)22(33)34/h1-4,8,13,15-17,25,35-36H,5-7,9-10,23H2,(H2,24,29)(H,26,30)(H,27,31)(H,28,32)(H,33,34). The van der Waals surface area contributed by atoms with Gasteiger partial charge in [0.05, 0.1) is 6.04 Å². The Balaban J connectivity index is 2.08. The van der Waals surface area contributed by atoms with Crippen LogP contribution in [0.5, 0.6) is 0 Å². The fraction of sp³-hybridized carbons (Fsp3) is 0.409. The number of nitrogens with two attached hydrogens (primary N) is 2. The summed E-state index contributed by atoms with van der Waals surface area (Å²) in [6, 6.07) is 2.79. The van der Waals surface area contributed by atoms with E-state index >= 15 is 0 Å². The molecular formula is C22H30N6O6S2. The molecule has 0 aliphatic rings. The summed E-state index contributed by atoms with van der Waals surface area (Å²) in [4.78, 5) is 63.7. The number of hydrogen-bond donors (Lipinski definition) is 9. The molecule has 2 rings (SSSR count). The second-order valence-electron chi connectivity index (χ2n) is 8.06. The van der Waals surface area contributed by atoms with E-state index in [1.165, 1.54) is 0 Å². The highest BCUT2D eigenvalue weighted by Gasteiger charge is 2.29. The topological polar surface area (TPSA) is 209 Å². The summed E-state index contributed by atoms with van der Waals surface area (Å²) in [5, 5.41) is 17.2. The van der Waals surface area contributed by atoms with Crippen LogP contribution in [0.2, 0.25) is 0 Å². The number of thiol groups is 2. The Bertz CT molecular complexity index is 1110. The molecule has 196 valence electrons. The molecule has 4 atom stereocenters. The van der Waals surface area contributed by atoms with E-state index in [9.17, 15) is 24.0 Å². The number of nitrogens with one attached hydrogen (secondary N) is 4. The molecular weight excluding hydrogens is 508 g/mol. The SMILES string of the molecule is NC(=O)CCC(NC(=O)C(N)Cc1c[nH]c2ccccc12)C(=O)NC(CS)C(=O)NC(CS)C(=O)O. The maximum atomic E-state index is 12.9. The van der Waals surface area contributed by atoms with Crippen molar-refractivity contribution in [3.05, 3.63) is 36.0 Å². The highest BCUT2D eigenvalue weighted by molar-refractivity contribution is 7.80. The van der Waals surface area contributed by atoms with Crippen molar-refractivity contribution in [2.24, 2.45) is 11.5 Å². The number of H-pyrrole nitrogens is 1. The number of aromatic nitrogens is 1. The Kier molecular flexibility index (Phi) is 11.1. The number of para-hydroxylation sites is 1. The average Bonchev–Trinajstić information content (AvgIpc) is 3.25. The zero-order valence-electron chi connectivity index (χ0n) is 19.3. The number of rotatable bonds is 14. The molecule has 0 radical (unpaired) electrons. The third kappa shape index (κ3) is 8.17. The molecule has 0 spiro atoms. The molecule has 1 aromatic heterocycles. The number of carbonyl (C=O) groups excluding carboxylic acids is 4. The van der Waals surface area contributed by atoms with Crippen molar-refractivity contribution < 1.29 is 29.1 Å². The molecule has 0 aliphatic heterocycles. The lowest BCUT2D eigenvalue weighted by Gasteiger charge is -2.24. The first-order chi connectivity index (χ1) is 17.1. The predicted octanol–water partition coefficient (Wildman–Crippen LogP) is -1.30. The molecule has 0 saturated carbocycles. The van der Waals surface area contributed by atoms with E-state index in [4.69, 9.17) is 16.6 Å². The predicted molar refractivity (Wildman–Crippen MR) is 140 cm³/mol. The fourth-order valence-corrected chi connectivity index (χ4v) is 3.89. The Hall–Kier alpha value is -3.23. The van der Waals surface area contributed by atoms with Crippen LogP contribution in [0.3, 0.4) is 0 Å². The van der Waals surface area contributed by atoms with Crippen LogP contribution in [0.1, 0.15) is 18.4 Å². The number of aliphatic carboxylic acids is 1. The van der Waals surface area contributed by atoms with Crippen molar-refractivity contribution >= 4 is 65.8 Å². The summed E-state index contributed by atoms with van der Waals surface area (Å²) >= 11 is 7.92. The Labute approximate surface area is 218 Å². The van der Waals surface area contributed by atoms with Gasteiger partial charge < -0.3 is 37.5 Å². The molecule has 14 heteroatoms. The number of amides is 4. The van der Waals surface area contributed by atoms with Crippen LogP contribution in [0.15, 0.2) is 30.5 Å². The van der Waals surface area contributed by atoms with Gasteiger partial charge in [0, 0.05) is 35.0 Å². The van der Waals surface area contributed by atoms with E-state index in [-0.39, 0.29) is 30.8 Å². The highest BCUT2D eigenvalue weighted by Crippen LogP contribution is 2.18. The van der Waals surface area contributed by atoms with Gasteiger partial charge in [-0.25, -0.2) is 4.79 Å². The lowest BCUT2D eigenvalue weighted by Crippen LogP contribution is -2.58. The lowest BCUT2D eigenvalue weighted by molar-refractivity contribution is -0.141. The van der Waals surface area contributed by atoms with E-state index in [0.717, 1.165) is 16.5 Å². The summed E-state index contributed by atoms with van der Waals surface area (Å²) in [5.41, 5.74) is 13.0. The minimum Gasteiger partial charge on any atom is -0.480 e. The molecule has 0 bridgehead atoms. The first-order valence-electron chi connectivity index (χ1n) is 11.0. The third-order valence-corrected chi connectivity index (χ3v) is 6.11. The molecule has 36 heavy (non-hydrogen) atoms. The molecule has 12 nitrogen and oxygen atoms in total. The van der Waals surface area contributed by atoms with E-state index in [1.54, 1.807) is 6.20 Å². The molecule has 2 aromatic rings. The molecule has 0 saturated heterocycles. The molecule has 0 aliphatic carbocycles. The third-order valence-electron chi connectivity index (χ3n) is 5.38. The molecule has 4 amide bonds. The summed E-state index contributed by atoms with van der Waals surface area (Å²) in [5.74, 6) is -4.53. The quantitative estimate of drug-likeness (QED) is 0.133. The zero-order valence-corrected chi connectivity index (χ0v) is 21.1. The van der Waals surface area contributed by atoms with Crippen LogP contribution in [0, 0.1) is 0 Å². The normalized spacial score (nSPS) is 14.3. The molecule has 1 aromatic carbocycles. The maximum Gasteiger partial charge on any atom is 0.327 e. The minimum atomic E-state index is -1.29. The monoisotopic (exact) mass is 538 g/mol. The van der Waals surface area contributed by atoms with Crippen LogP contribution in [0.4, 0.5) is 0 Å². The Morgan fingerprint density at radius 1 is 0.917 bits per heavy atom. The summed E-state index contributed by atoms with van der Waals surface area (Å²) in [7, 11) is 0. The number of carbonyl (C=O) groups is 5. The van der Waals surface area contributed by atoms with Gasteiger partial charge in [0.1, 0.15) is 18.1 Å². The number of carboxylic acid groups (broad SMARTS) is 1. The second kappa shape index (κ2) is 13.8. The van der Waals surface area contributed by atoms with Gasteiger partial charge in [0.15, 0.2) is 0 Å². The van der Waals surface area contributed by atoms with Crippen molar-refractivity contribution in [3.63, 3.8) is 0 Å². The van der Waals surface area contributed by atoms with Gasteiger partial charge in [0.25, 0.3) is 0 Å². The molecule has 9 N–H and O–H groups in total. The van der Waals surface area contributed by atoms with Crippen LogP contribution in [-0.4, -0.2) is 75.4 Å². The first kappa shape index (κ1) is 29.0. The van der Waals surface area contributed by atoms with Gasteiger partial charge in [-0.3, -0.25) is 19.2 Å². The smallest absolute Gasteiger partial charge is 0.327 e. The average molecular weight is 539 g/mol. The first-order valence-corrected chi connectivity index (χ1v) is 12.3. The van der Waals surface area contributed by atoms with E-state index in [2.05, 4.69) is 46.2 Å². The maximum absolute atomic E-state index is 12.9. The van der Waals surface area contributed by atoms with Crippen LogP contribution in [-0.2, 0) is 30.4 Å². The van der Waals surface area contributed by atoms with Crippen molar-refractivity contribution in [2.45, 2.75) is 43.4 Å². The fourth-order valence-electron chi connectivity index (χ4n) is 3.39. The number of benzene rings is 1. The summed E-state index contributed by atoms with van der Waals surface area (Å²) in [6.45, 7) is 0. The summed E-state index contributed by atoms with van der Waals surface area (Å²) < 4.78 is 0. The van der Waals surface area contributed by atoms with Crippen molar-refractivity contribution in [1.29, 1.82) is 0 Å². The van der Waals surface area contributed by atoms with Crippen molar-refractivity contribution in [3.8, 4) is 0 Å². The number of aromatic amines is 1. The van der Waals surface area contributed by atoms with E-state index < -0.39 is 53.8 Å². The van der Waals surface area contributed by atoms with Gasteiger partial charge in [-0.1, -0.05) is 18.2 Å². The van der Waals surface area contributed by atoms with Crippen molar-refractivity contribution in [2.75, 3.05) is 11.5 Å². The van der Waals surface area contributed by atoms with Gasteiger partial charge in [0.2, 0.25) is 23.6 Å². The summed E-state index contributed by atoms with van der Waals surface area (Å²) in [6.07, 6.45) is 1.58. The number of fused-ring (bicyclic) bond motifs is 1. The Morgan fingerprint density at radius 2 is 1.50 bits per heavy atom. The highest BCUT2D eigenvalue weighted by atomic mass is 32.1. The molecule has 0 fully saturated rings. The van der Waals surface area contributed by atoms with Crippen LogP contribution >= 0.6 is 25.3 Å². The molecule has 4 unspecified atom stereocenters. The van der Waals surface area contributed by atoms with E-state index in [0.29, 0.717) is 0 Å². The van der Waals surface area contributed by atoms with Gasteiger partial charge in [-0.2, -0.15) is 25.3 Å².